The molecule has 6 nitrogen and oxygen atoms in total. The number of thioether (sulfide) groups is 1. The quantitative estimate of drug-likeness (QED) is 0.141. The van der Waals surface area contributed by atoms with Gasteiger partial charge in [0.1, 0.15) is 4.83 Å². The highest BCUT2D eigenvalue weighted by Crippen LogP contribution is 2.35. The lowest BCUT2D eigenvalue weighted by atomic mass is 9.97. The van der Waals surface area contributed by atoms with Crippen molar-refractivity contribution in [1.29, 1.82) is 0 Å². The summed E-state index contributed by atoms with van der Waals surface area (Å²) in [5, 5.41) is 5.54. The Balaban J connectivity index is 1.36. The normalized spacial score (nSPS) is 13.8. The number of aryl methyl sites for hydroxylation is 2. The van der Waals surface area contributed by atoms with E-state index >= 15 is 0 Å². The summed E-state index contributed by atoms with van der Waals surface area (Å²) >= 11 is 9.00. The van der Waals surface area contributed by atoms with Gasteiger partial charge in [-0.05, 0) is 55.0 Å². The first kappa shape index (κ1) is 24.5. The molecular formula is C27H23ClN4O2S2. The molecule has 1 N–H and O–H groups in total. The lowest BCUT2D eigenvalue weighted by Gasteiger charge is -2.13. The SMILES string of the molecule is O=C(CSc1nc2sc3c(c2c(=O)n1-c1ccccc1)CCCC3)NN=CC(Cl)=Cc1ccccc1. The summed E-state index contributed by atoms with van der Waals surface area (Å²) in [7, 11) is 0. The molecule has 1 aliphatic carbocycles. The van der Waals surface area contributed by atoms with Crippen molar-refractivity contribution in [2.45, 2.75) is 30.8 Å². The third kappa shape index (κ3) is 5.46. The zero-order valence-corrected chi connectivity index (χ0v) is 21.7. The fourth-order valence-electron chi connectivity index (χ4n) is 4.16. The summed E-state index contributed by atoms with van der Waals surface area (Å²) in [5.74, 6) is -0.271. The summed E-state index contributed by atoms with van der Waals surface area (Å²) in [6.07, 6.45) is 7.27. The van der Waals surface area contributed by atoms with Gasteiger partial charge in [-0.3, -0.25) is 14.2 Å². The molecule has 36 heavy (non-hydrogen) atoms. The second-order valence-corrected chi connectivity index (χ2v) is 10.7. The van der Waals surface area contributed by atoms with Gasteiger partial charge in [-0.25, -0.2) is 10.4 Å². The molecule has 2 aromatic heterocycles. The van der Waals surface area contributed by atoms with Crippen molar-refractivity contribution in [3.8, 4) is 5.69 Å². The van der Waals surface area contributed by atoms with Gasteiger partial charge >= 0.3 is 0 Å². The van der Waals surface area contributed by atoms with Crippen LogP contribution in [-0.2, 0) is 17.6 Å². The molecule has 5 rings (SSSR count). The van der Waals surface area contributed by atoms with Crippen LogP contribution in [-0.4, -0.2) is 27.4 Å². The van der Waals surface area contributed by atoms with Gasteiger partial charge < -0.3 is 0 Å². The number of carbonyl (C=O) groups excluding carboxylic acids is 1. The molecule has 0 aliphatic heterocycles. The molecule has 0 bridgehead atoms. The smallest absolute Gasteiger partial charge is 0.267 e. The molecule has 0 radical (unpaired) electrons. The van der Waals surface area contributed by atoms with E-state index in [9.17, 15) is 9.59 Å². The van der Waals surface area contributed by atoms with E-state index in [0.29, 0.717) is 10.2 Å². The average molecular weight is 535 g/mol. The summed E-state index contributed by atoms with van der Waals surface area (Å²) in [6.45, 7) is 0. The number of carbonyl (C=O) groups is 1. The molecule has 1 amide bonds. The van der Waals surface area contributed by atoms with Gasteiger partial charge in [-0.2, -0.15) is 5.10 Å². The van der Waals surface area contributed by atoms with Crippen LogP contribution in [0.15, 0.2) is 80.7 Å². The number of amides is 1. The van der Waals surface area contributed by atoms with E-state index in [0.717, 1.165) is 52.7 Å². The lowest BCUT2D eigenvalue weighted by molar-refractivity contribution is -0.118. The monoisotopic (exact) mass is 534 g/mol. The first-order valence-corrected chi connectivity index (χ1v) is 13.8. The molecule has 4 aromatic rings. The van der Waals surface area contributed by atoms with E-state index in [1.165, 1.54) is 22.9 Å². The minimum atomic E-state index is -0.320. The predicted molar refractivity (Wildman–Crippen MR) is 149 cm³/mol. The van der Waals surface area contributed by atoms with Crippen LogP contribution in [0.5, 0.6) is 0 Å². The number of para-hydroxylation sites is 1. The van der Waals surface area contributed by atoms with Crippen molar-refractivity contribution in [3.63, 3.8) is 0 Å². The highest BCUT2D eigenvalue weighted by Gasteiger charge is 2.23. The van der Waals surface area contributed by atoms with Crippen LogP contribution in [0.3, 0.4) is 0 Å². The van der Waals surface area contributed by atoms with Crippen LogP contribution < -0.4 is 11.0 Å². The largest absolute Gasteiger partial charge is 0.272 e. The molecule has 0 spiro atoms. The fourth-order valence-corrected chi connectivity index (χ4v) is 6.44. The number of rotatable bonds is 7. The average Bonchev–Trinajstić information content (AvgIpc) is 3.27. The number of thiophene rings is 1. The van der Waals surface area contributed by atoms with Crippen LogP contribution >= 0.6 is 34.7 Å². The maximum Gasteiger partial charge on any atom is 0.267 e. The fraction of sp³-hybridized carbons (Fsp3) is 0.185. The Morgan fingerprint density at radius 2 is 1.83 bits per heavy atom. The highest BCUT2D eigenvalue weighted by atomic mass is 35.5. The summed E-state index contributed by atoms with van der Waals surface area (Å²) in [5.41, 5.74) is 5.22. The number of allylic oxidation sites excluding steroid dienone is 1. The zero-order valence-electron chi connectivity index (χ0n) is 19.3. The van der Waals surface area contributed by atoms with E-state index in [1.54, 1.807) is 22.0 Å². The van der Waals surface area contributed by atoms with Crippen molar-refractivity contribution in [3.05, 3.63) is 92.1 Å². The molecule has 1 aliphatic rings. The van der Waals surface area contributed by atoms with Gasteiger partial charge in [0.15, 0.2) is 5.16 Å². The summed E-state index contributed by atoms with van der Waals surface area (Å²) in [6, 6.07) is 19.0. The molecule has 0 atom stereocenters. The third-order valence-electron chi connectivity index (χ3n) is 5.79. The van der Waals surface area contributed by atoms with Crippen LogP contribution in [0, 0.1) is 0 Å². The number of fused-ring (bicyclic) bond motifs is 3. The lowest BCUT2D eigenvalue weighted by Crippen LogP contribution is -2.24. The summed E-state index contributed by atoms with van der Waals surface area (Å²) < 4.78 is 1.62. The Labute approximate surface area is 221 Å². The van der Waals surface area contributed by atoms with Crippen molar-refractivity contribution in [1.82, 2.24) is 15.0 Å². The third-order valence-corrected chi connectivity index (χ3v) is 8.12. The number of halogens is 1. The molecule has 0 saturated heterocycles. The van der Waals surface area contributed by atoms with Gasteiger partial charge in [0.2, 0.25) is 0 Å². The molecule has 9 heteroatoms. The standard InChI is InChI=1S/C27H23ClN4O2S2/c28-19(15-18-9-3-1-4-10-18)16-29-31-23(33)17-35-27-30-25-24(21-13-7-8-14-22(21)36-25)26(34)32(27)20-11-5-2-6-12-20/h1-6,9-12,15-16H,7-8,13-14,17H2,(H,31,33). The van der Waals surface area contributed by atoms with Crippen molar-refractivity contribution >= 4 is 63.1 Å². The van der Waals surface area contributed by atoms with E-state index in [-0.39, 0.29) is 17.2 Å². The van der Waals surface area contributed by atoms with Crippen molar-refractivity contribution in [2.75, 3.05) is 5.75 Å². The number of nitrogens with zero attached hydrogens (tertiary/aromatic N) is 3. The Morgan fingerprint density at radius 1 is 1.11 bits per heavy atom. The zero-order chi connectivity index (χ0) is 24.9. The Hall–Kier alpha value is -3.20. The van der Waals surface area contributed by atoms with Crippen LogP contribution in [0.2, 0.25) is 0 Å². The number of nitrogens with one attached hydrogen (secondary N) is 1. The second kappa shape index (κ2) is 11.2. The molecular weight excluding hydrogens is 512 g/mol. The topological polar surface area (TPSA) is 76.3 Å². The Kier molecular flexibility index (Phi) is 7.65. The second-order valence-electron chi connectivity index (χ2n) is 8.28. The number of benzene rings is 2. The molecule has 182 valence electrons. The number of hydrogen-bond acceptors (Lipinski definition) is 6. The maximum absolute atomic E-state index is 13.7. The Bertz CT molecular complexity index is 1510. The molecule has 0 unspecified atom stereocenters. The minimum absolute atomic E-state index is 0.0488. The van der Waals surface area contributed by atoms with E-state index in [2.05, 4.69) is 10.5 Å². The van der Waals surface area contributed by atoms with Crippen LogP contribution in [0.4, 0.5) is 0 Å². The number of aromatic nitrogens is 2. The Morgan fingerprint density at radius 3 is 2.61 bits per heavy atom. The number of hydrogen-bond donors (Lipinski definition) is 1. The first-order chi connectivity index (χ1) is 17.6. The predicted octanol–water partition coefficient (Wildman–Crippen LogP) is 5.80. The molecule has 0 saturated carbocycles. The molecule has 2 heterocycles. The summed E-state index contributed by atoms with van der Waals surface area (Å²) in [4.78, 5) is 33.0. The van der Waals surface area contributed by atoms with E-state index < -0.39 is 0 Å². The van der Waals surface area contributed by atoms with Crippen LogP contribution in [0.25, 0.3) is 22.0 Å². The molecule has 0 fully saturated rings. The maximum atomic E-state index is 13.7. The van der Waals surface area contributed by atoms with Gasteiger partial charge in [0.05, 0.1) is 28.1 Å². The van der Waals surface area contributed by atoms with Gasteiger partial charge in [-0.1, -0.05) is 71.9 Å². The first-order valence-electron chi connectivity index (χ1n) is 11.6. The van der Waals surface area contributed by atoms with Gasteiger partial charge in [0, 0.05) is 4.88 Å². The van der Waals surface area contributed by atoms with Crippen molar-refractivity contribution in [2.24, 2.45) is 5.10 Å². The van der Waals surface area contributed by atoms with Gasteiger partial charge in [0.25, 0.3) is 11.5 Å². The van der Waals surface area contributed by atoms with Crippen LogP contribution in [0.1, 0.15) is 28.8 Å². The molecule has 2 aromatic carbocycles. The van der Waals surface area contributed by atoms with E-state index in [1.807, 2.05) is 60.7 Å². The van der Waals surface area contributed by atoms with E-state index in [4.69, 9.17) is 16.6 Å². The van der Waals surface area contributed by atoms with Gasteiger partial charge in [-0.15, -0.1) is 11.3 Å². The van der Waals surface area contributed by atoms with Crippen molar-refractivity contribution < 1.29 is 4.79 Å². The number of hydrazone groups is 1. The highest BCUT2D eigenvalue weighted by molar-refractivity contribution is 7.99. The minimum Gasteiger partial charge on any atom is -0.272 e.